The summed E-state index contributed by atoms with van der Waals surface area (Å²) < 4.78 is 5.53. The van der Waals surface area contributed by atoms with Gasteiger partial charge in [0.1, 0.15) is 6.61 Å². The molecule has 2 aromatic carbocycles. The fraction of sp³-hybridized carbons (Fsp3) is 0.263. The Morgan fingerprint density at radius 1 is 1.25 bits per heavy atom. The maximum atomic E-state index is 12.6. The van der Waals surface area contributed by atoms with Gasteiger partial charge in [0, 0.05) is 0 Å². The number of ketones is 1. The second-order valence-electron chi connectivity index (χ2n) is 5.83. The average Bonchev–Trinajstić information content (AvgIpc) is 2.61. The molecule has 5 nitrogen and oxygen atoms in total. The fourth-order valence-corrected chi connectivity index (χ4v) is 2.88. The van der Waals surface area contributed by atoms with Gasteiger partial charge >= 0.3 is 0 Å². The van der Waals surface area contributed by atoms with Crippen LogP contribution in [-0.2, 0) is 27.4 Å². The number of rotatable bonds is 6. The Bertz CT molecular complexity index is 730. The number of nitrogens with one attached hydrogen (secondary N) is 1. The number of Topliss-reactive ketones (excluding diaryl/α,β-unsaturated/α-hetero) is 1. The van der Waals surface area contributed by atoms with E-state index in [1.807, 2.05) is 36.4 Å². The van der Waals surface area contributed by atoms with Gasteiger partial charge < -0.3 is 10.5 Å². The first-order chi connectivity index (χ1) is 11.6. The first-order valence-electron chi connectivity index (χ1n) is 7.84. The Hall–Kier alpha value is -2.50. The summed E-state index contributed by atoms with van der Waals surface area (Å²) in [5, 5.41) is 3.04. The van der Waals surface area contributed by atoms with Gasteiger partial charge in [-0.2, -0.15) is 0 Å². The Kier molecular flexibility index (Phi) is 5.03. The molecule has 2 aromatic rings. The van der Waals surface area contributed by atoms with E-state index in [1.54, 1.807) is 12.1 Å². The van der Waals surface area contributed by atoms with E-state index >= 15 is 0 Å². The molecule has 0 aliphatic carbocycles. The smallest absolute Gasteiger partial charge is 0.234 e. The minimum absolute atomic E-state index is 0.0317. The topological polar surface area (TPSA) is 81.4 Å². The molecule has 0 saturated carbocycles. The van der Waals surface area contributed by atoms with E-state index in [0.29, 0.717) is 13.0 Å². The van der Waals surface area contributed by atoms with E-state index in [4.69, 9.17) is 10.5 Å². The molecule has 2 atom stereocenters. The lowest BCUT2D eigenvalue weighted by Gasteiger charge is -2.30. The highest BCUT2D eigenvalue weighted by Gasteiger charge is 2.32. The number of ether oxygens (including phenoxy) is 1. The zero-order valence-corrected chi connectivity index (χ0v) is 13.2. The molecule has 0 aromatic heterocycles. The van der Waals surface area contributed by atoms with Crippen molar-refractivity contribution in [2.75, 3.05) is 6.61 Å². The summed E-state index contributed by atoms with van der Waals surface area (Å²) in [4.78, 5) is 24.1. The van der Waals surface area contributed by atoms with Crippen LogP contribution in [0.5, 0.6) is 0 Å². The molecule has 1 radical (unpaired) electrons. The summed E-state index contributed by atoms with van der Waals surface area (Å²) in [6, 6.07) is 16.9. The van der Waals surface area contributed by atoms with E-state index in [9.17, 15) is 9.59 Å². The summed E-state index contributed by atoms with van der Waals surface area (Å²) in [5.74, 6) is -0.586. The molecular formula is C19H19N2O3. The molecule has 123 valence electrons. The van der Waals surface area contributed by atoms with Gasteiger partial charge in [0.25, 0.3) is 0 Å². The number of primary amides is 1. The van der Waals surface area contributed by atoms with Gasteiger partial charge in [0.05, 0.1) is 18.7 Å². The van der Waals surface area contributed by atoms with Crippen LogP contribution in [0.1, 0.15) is 22.7 Å². The lowest BCUT2D eigenvalue weighted by molar-refractivity contribution is -0.127. The Balaban J connectivity index is 1.68. The Labute approximate surface area is 140 Å². The third kappa shape index (κ3) is 3.69. The average molecular weight is 323 g/mol. The van der Waals surface area contributed by atoms with Crippen molar-refractivity contribution in [2.24, 2.45) is 5.73 Å². The number of carbonyl (C=O) groups is 2. The highest BCUT2D eigenvalue weighted by Crippen LogP contribution is 2.26. The number of amides is 1. The van der Waals surface area contributed by atoms with Crippen LogP contribution in [0, 0.1) is 6.07 Å². The van der Waals surface area contributed by atoms with Crippen LogP contribution >= 0.6 is 0 Å². The molecule has 2 unspecified atom stereocenters. The SMILES string of the molecule is NC(=O)C1Cc2c[c]ccc2C(C(=O)COCc2ccccc2)N1. The number of carbonyl (C=O) groups excluding carboxylic acids is 2. The Morgan fingerprint density at radius 3 is 2.79 bits per heavy atom. The van der Waals surface area contributed by atoms with Crippen molar-refractivity contribution in [3.63, 3.8) is 0 Å². The summed E-state index contributed by atoms with van der Waals surface area (Å²) in [7, 11) is 0. The quantitative estimate of drug-likeness (QED) is 0.840. The van der Waals surface area contributed by atoms with Crippen molar-refractivity contribution in [2.45, 2.75) is 25.1 Å². The lowest BCUT2D eigenvalue weighted by Crippen LogP contribution is -2.50. The zero-order valence-electron chi connectivity index (χ0n) is 13.2. The molecule has 0 saturated heterocycles. The number of nitrogens with two attached hydrogens (primary N) is 1. The molecule has 1 heterocycles. The van der Waals surface area contributed by atoms with Gasteiger partial charge in [-0.1, -0.05) is 48.5 Å². The van der Waals surface area contributed by atoms with Crippen LogP contribution < -0.4 is 11.1 Å². The van der Waals surface area contributed by atoms with Crippen molar-refractivity contribution < 1.29 is 14.3 Å². The molecule has 0 fully saturated rings. The summed E-state index contributed by atoms with van der Waals surface area (Å²) >= 11 is 0. The maximum Gasteiger partial charge on any atom is 0.234 e. The first-order valence-corrected chi connectivity index (χ1v) is 7.84. The number of hydrogen-bond acceptors (Lipinski definition) is 4. The molecule has 0 spiro atoms. The van der Waals surface area contributed by atoms with E-state index in [1.165, 1.54) is 0 Å². The van der Waals surface area contributed by atoms with Crippen LogP contribution in [0.3, 0.4) is 0 Å². The van der Waals surface area contributed by atoms with Crippen molar-refractivity contribution >= 4 is 11.7 Å². The number of hydrogen-bond donors (Lipinski definition) is 2. The normalized spacial score (nSPS) is 19.5. The van der Waals surface area contributed by atoms with Crippen molar-refractivity contribution in [1.82, 2.24) is 5.32 Å². The van der Waals surface area contributed by atoms with E-state index in [0.717, 1.165) is 16.7 Å². The summed E-state index contributed by atoms with van der Waals surface area (Å²) in [6.07, 6.45) is 0.469. The van der Waals surface area contributed by atoms with E-state index in [2.05, 4.69) is 11.4 Å². The molecule has 24 heavy (non-hydrogen) atoms. The summed E-state index contributed by atoms with van der Waals surface area (Å²) in [5.41, 5.74) is 8.19. The van der Waals surface area contributed by atoms with Gasteiger partial charge in [-0.15, -0.1) is 0 Å². The number of fused-ring (bicyclic) bond motifs is 1. The first kappa shape index (κ1) is 16.4. The highest BCUT2D eigenvalue weighted by molar-refractivity contribution is 5.89. The third-order valence-corrected chi connectivity index (χ3v) is 4.11. The standard InChI is InChI=1S/C19H19N2O3/c20-19(23)16-10-14-8-4-5-9-15(14)18(21-16)17(22)12-24-11-13-6-2-1-3-7-13/h1-3,5-9,16,18,21H,10-12H2,(H2,20,23). The monoisotopic (exact) mass is 323 g/mol. The van der Waals surface area contributed by atoms with Gasteiger partial charge in [0.2, 0.25) is 5.91 Å². The predicted octanol–water partition coefficient (Wildman–Crippen LogP) is 1.31. The molecule has 5 heteroatoms. The molecular weight excluding hydrogens is 304 g/mol. The van der Waals surface area contributed by atoms with Crippen LogP contribution in [0.4, 0.5) is 0 Å². The second-order valence-corrected chi connectivity index (χ2v) is 5.83. The van der Waals surface area contributed by atoms with Crippen molar-refractivity contribution in [1.29, 1.82) is 0 Å². The van der Waals surface area contributed by atoms with Gasteiger partial charge in [-0.25, -0.2) is 0 Å². The molecule has 1 amide bonds. The fourth-order valence-electron chi connectivity index (χ4n) is 2.88. The van der Waals surface area contributed by atoms with Gasteiger partial charge in [0.15, 0.2) is 5.78 Å². The zero-order chi connectivity index (χ0) is 16.9. The van der Waals surface area contributed by atoms with Crippen LogP contribution in [0.15, 0.2) is 48.5 Å². The van der Waals surface area contributed by atoms with Crippen LogP contribution in [-0.4, -0.2) is 24.3 Å². The number of benzene rings is 2. The van der Waals surface area contributed by atoms with Gasteiger partial charge in [-0.05, 0) is 29.2 Å². The Morgan fingerprint density at radius 2 is 2.04 bits per heavy atom. The minimum Gasteiger partial charge on any atom is -0.369 e. The second kappa shape index (κ2) is 7.38. The van der Waals surface area contributed by atoms with Crippen LogP contribution in [0.2, 0.25) is 0 Å². The van der Waals surface area contributed by atoms with Gasteiger partial charge in [-0.3, -0.25) is 14.9 Å². The molecule has 0 bridgehead atoms. The molecule has 1 aliphatic heterocycles. The minimum atomic E-state index is -0.586. The third-order valence-electron chi connectivity index (χ3n) is 4.11. The van der Waals surface area contributed by atoms with E-state index < -0.39 is 18.0 Å². The largest absolute Gasteiger partial charge is 0.369 e. The molecule has 3 N–H and O–H groups in total. The van der Waals surface area contributed by atoms with E-state index in [-0.39, 0.29) is 12.4 Å². The van der Waals surface area contributed by atoms with Crippen LogP contribution in [0.25, 0.3) is 0 Å². The summed E-state index contributed by atoms with van der Waals surface area (Å²) in [6.45, 7) is 0.337. The molecule has 1 aliphatic rings. The molecule has 3 rings (SSSR count). The highest BCUT2D eigenvalue weighted by atomic mass is 16.5. The van der Waals surface area contributed by atoms with Crippen molar-refractivity contribution in [3.8, 4) is 0 Å². The van der Waals surface area contributed by atoms with Crippen molar-refractivity contribution in [3.05, 3.63) is 71.3 Å². The predicted molar refractivity (Wildman–Crippen MR) is 88.9 cm³/mol. The maximum absolute atomic E-state index is 12.6. The lowest BCUT2D eigenvalue weighted by atomic mass is 9.88.